The fraction of sp³-hybridized carbons (Fsp3) is 0.143. The van der Waals surface area contributed by atoms with Crippen molar-refractivity contribution in [1.29, 1.82) is 0 Å². The van der Waals surface area contributed by atoms with Gasteiger partial charge in [0.1, 0.15) is 0 Å². The van der Waals surface area contributed by atoms with Crippen LogP contribution >= 0.6 is 11.6 Å². The molecular weight excluding hydrogens is 444 g/mol. The van der Waals surface area contributed by atoms with Crippen molar-refractivity contribution in [2.24, 2.45) is 0 Å². The summed E-state index contributed by atoms with van der Waals surface area (Å²) in [5.74, 6) is 0. The number of benzene rings is 3. The van der Waals surface area contributed by atoms with Gasteiger partial charge in [0.25, 0.3) is 20.0 Å². The van der Waals surface area contributed by atoms with Crippen LogP contribution in [-0.2, 0) is 26.5 Å². The molecule has 0 atom stereocenters. The van der Waals surface area contributed by atoms with E-state index in [4.69, 9.17) is 11.6 Å². The Morgan fingerprint density at radius 1 is 0.867 bits per heavy atom. The van der Waals surface area contributed by atoms with Gasteiger partial charge in [-0.2, -0.15) is 0 Å². The minimum atomic E-state index is -3.79. The Labute approximate surface area is 181 Å². The van der Waals surface area contributed by atoms with E-state index in [-0.39, 0.29) is 16.3 Å². The van der Waals surface area contributed by atoms with E-state index in [1.165, 1.54) is 40.7 Å². The molecule has 0 radical (unpaired) electrons. The van der Waals surface area contributed by atoms with E-state index in [2.05, 4.69) is 4.72 Å². The smallest absolute Gasteiger partial charge is 0.264 e. The summed E-state index contributed by atoms with van der Waals surface area (Å²) in [6, 6.07) is 17.4. The van der Waals surface area contributed by atoms with Gasteiger partial charge in [-0.05, 0) is 67.4 Å². The average molecular weight is 463 g/mol. The van der Waals surface area contributed by atoms with Gasteiger partial charge in [0.2, 0.25) is 0 Å². The van der Waals surface area contributed by atoms with Crippen molar-refractivity contribution in [1.82, 2.24) is 0 Å². The molecule has 9 heteroatoms. The average Bonchev–Trinajstić information content (AvgIpc) is 3.12. The van der Waals surface area contributed by atoms with Crippen molar-refractivity contribution in [3.63, 3.8) is 0 Å². The summed E-state index contributed by atoms with van der Waals surface area (Å²) in [6.45, 7) is 2.16. The number of fused-ring (bicyclic) bond motifs is 1. The summed E-state index contributed by atoms with van der Waals surface area (Å²) in [7, 11) is -7.58. The first-order valence-corrected chi connectivity index (χ1v) is 12.5. The van der Waals surface area contributed by atoms with Crippen LogP contribution < -0.4 is 9.03 Å². The molecule has 0 fully saturated rings. The highest BCUT2D eigenvalue weighted by Gasteiger charge is 2.31. The molecule has 3 aromatic rings. The van der Waals surface area contributed by atoms with Crippen LogP contribution in [0.25, 0.3) is 0 Å². The highest BCUT2D eigenvalue weighted by Crippen LogP contribution is 2.35. The van der Waals surface area contributed by atoms with Crippen LogP contribution in [0, 0.1) is 6.92 Å². The lowest BCUT2D eigenvalue weighted by Crippen LogP contribution is -2.29. The highest BCUT2D eigenvalue weighted by atomic mass is 35.5. The lowest BCUT2D eigenvalue weighted by molar-refractivity contribution is 0.592. The summed E-state index contributed by atoms with van der Waals surface area (Å²) >= 11 is 5.87. The van der Waals surface area contributed by atoms with E-state index in [1.54, 1.807) is 30.3 Å². The van der Waals surface area contributed by atoms with E-state index in [9.17, 15) is 16.8 Å². The van der Waals surface area contributed by atoms with Gasteiger partial charge in [0, 0.05) is 11.6 Å². The Balaban J connectivity index is 1.66. The fourth-order valence-corrected chi connectivity index (χ4v) is 6.00. The van der Waals surface area contributed by atoms with Crippen molar-refractivity contribution in [3.05, 3.63) is 82.9 Å². The minimum Gasteiger partial charge on any atom is -0.280 e. The van der Waals surface area contributed by atoms with Crippen LogP contribution in [0.2, 0.25) is 5.02 Å². The molecule has 0 saturated heterocycles. The molecule has 4 rings (SSSR count). The third kappa shape index (κ3) is 3.90. The molecule has 3 aromatic carbocycles. The van der Waals surface area contributed by atoms with Crippen molar-refractivity contribution in [3.8, 4) is 0 Å². The van der Waals surface area contributed by atoms with Gasteiger partial charge >= 0.3 is 0 Å². The fourth-order valence-electron chi connectivity index (χ4n) is 3.33. The summed E-state index contributed by atoms with van der Waals surface area (Å²) in [5.41, 5.74) is 2.56. The molecule has 0 aliphatic carbocycles. The monoisotopic (exact) mass is 462 g/mol. The first-order chi connectivity index (χ1) is 14.2. The van der Waals surface area contributed by atoms with Gasteiger partial charge in [0.05, 0.1) is 21.2 Å². The zero-order chi connectivity index (χ0) is 21.5. The molecule has 1 aliphatic heterocycles. The molecule has 0 unspecified atom stereocenters. The van der Waals surface area contributed by atoms with Gasteiger partial charge in [0.15, 0.2) is 0 Å². The van der Waals surface area contributed by atoms with Crippen LogP contribution in [0.5, 0.6) is 0 Å². The Morgan fingerprint density at radius 3 is 2.17 bits per heavy atom. The number of halogens is 1. The molecule has 30 heavy (non-hydrogen) atoms. The van der Waals surface area contributed by atoms with E-state index in [0.717, 1.165) is 11.1 Å². The molecule has 0 spiro atoms. The first-order valence-electron chi connectivity index (χ1n) is 9.17. The third-order valence-electron chi connectivity index (χ3n) is 4.92. The topological polar surface area (TPSA) is 83.6 Å². The van der Waals surface area contributed by atoms with E-state index < -0.39 is 20.0 Å². The molecule has 156 valence electrons. The first kappa shape index (κ1) is 20.7. The largest absolute Gasteiger partial charge is 0.280 e. The van der Waals surface area contributed by atoms with Crippen LogP contribution in [0.3, 0.4) is 0 Å². The number of aryl methyl sites for hydroxylation is 1. The maximum absolute atomic E-state index is 13.1. The molecule has 1 heterocycles. The number of nitrogens with zero attached hydrogens (tertiary/aromatic N) is 1. The number of anilines is 2. The maximum atomic E-state index is 13.1. The highest BCUT2D eigenvalue weighted by molar-refractivity contribution is 7.93. The summed E-state index contributed by atoms with van der Waals surface area (Å²) in [6.07, 6.45) is 0.549. The SMILES string of the molecule is Cc1ccc(S(=O)(=O)Nc2ccc3c(c2)N(S(=O)(=O)c2ccc(Cl)cc2)CC3)cc1. The van der Waals surface area contributed by atoms with Crippen molar-refractivity contribution in [2.75, 3.05) is 15.6 Å². The lowest BCUT2D eigenvalue weighted by atomic mass is 10.1. The molecule has 0 saturated carbocycles. The van der Waals surface area contributed by atoms with Gasteiger partial charge in [-0.15, -0.1) is 0 Å². The van der Waals surface area contributed by atoms with Crippen molar-refractivity contribution < 1.29 is 16.8 Å². The molecule has 0 amide bonds. The zero-order valence-electron chi connectivity index (χ0n) is 16.0. The van der Waals surface area contributed by atoms with Crippen molar-refractivity contribution >= 4 is 43.0 Å². The Kier molecular flexibility index (Phi) is 5.25. The van der Waals surface area contributed by atoms with E-state index in [0.29, 0.717) is 22.8 Å². The normalized spacial score (nSPS) is 13.9. The quantitative estimate of drug-likeness (QED) is 0.615. The van der Waals surface area contributed by atoms with Crippen LogP contribution in [-0.4, -0.2) is 23.4 Å². The molecule has 6 nitrogen and oxygen atoms in total. The molecule has 1 aliphatic rings. The predicted molar refractivity (Wildman–Crippen MR) is 118 cm³/mol. The van der Waals surface area contributed by atoms with Crippen LogP contribution in [0.4, 0.5) is 11.4 Å². The number of nitrogens with one attached hydrogen (secondary N) is 1. The summed E-state index contributed by atoms with van der Waals surface area (Å²) in [5, 5.41) is 0.448. The van der Waals surface area contributed by atoms with Gasteiger partial charge < -0.3 is 0 Å². The number of hydrogen-bond acceptors (Lipinski definition) is 4. The summed E-state index contributed by atoms with van der Waals surface area (Å²) < 4.78 is 55.4. The lowest BCUT2D eigenvalue weighted by Gasteiger charge is -2.20. The number of sulfonamides is 2. The third-order valence-corrected chi connectivity index (χ3v) is 8.40. The predicted octanol–water partition coefficient (Wildman–Crippen LogP) is 4.20. The second-order valence-electron chi connectivity index (χ2n) is 7.04. The van der Waals surface area contributed by atoms with Crippen LogP contribution in [0.1, 0.15) is 11.1 Å². The summed E-state index contributed by atoms with van der Waals surface area (Å²) in [4.78, 5) is 0.268. The molecular formula is C21H19ClN2O4S2. The standard InChI is InChI=1S/C21H19ClN2O4S2/c1-15-2-8-19(9-3-15)29(25,26)23-18-7-4-16-12-13-24(21(16)14-18)30(27,28)20-10-5-17(22)6-11-20/h2-11,14,23H,12-13H2,1H3. The minimum absolute atomic E-state index is 0.130. The number of hydrogen-bond donors (Lipinski definition) is 1. The van der Waals surface area contributed by atoms with Crippen molar-refractivity contribution in [2.45, 2.75) is 23.1 Å². The molecule has 0 aromatic heterocycles. The van der Waals surface area contributed by atoms with Crippen LogP contribution in [0.15, 0.2) is 76.5 Å². The Morgan fingerprint density at radius 2 is 1.50 bits per heavy atom. The van der Waals surface area contributed by atoms with Gasteiger partial charge in [-0.25, -0.2) is 16.8 Å². The Hall–Kier alpha value is -2.55. The molecule has 0 bridgehead atoms. The second-order valence-corrected chi connectivity index (χ2v) is 11.0. The Bertz CT molecular complexity index is 1300. The zero-order valence-corrected chi connectivity index (χ0v) is 18.4. The van der Waals surface area contributed by atoms with E-state index >= 15 is 0 Å². The van der Waals surface area contributed by atoms with E-state index in [1.807, 2.05) is 6.92 Å². The van der Waals surface area contributed by atoms with Gasteiger partial charge in [-0.1, -0.05) is 35.4 Å². The second kappa shape index (κ2) is 7.61. The molecule has 1 N–H and O–H groups in total. The maximum Gasteiger partial charge on any atom is 0.264 e. The van der Waals surface area contributed by atoms with Gasteiger partial charge in [-0.3, -0.25) is 9.03 Å². The number of rotatable bonds is 5.